The Kier molecular flexibility index (Phi) is 4.22. The third-order valence-electron chi connectivity index (χ3n) is 4.19. The van der Waals surface area contributed by atoms with Crippen LogP contribution in [0.1, 0.15) is 16.8 Å². The number of benzene rings is 2. The Hall–Kier alpha value is -3.06. The Morgan fingerprint density at radius 1 is 1.12 bits per heavy atom. The van der Waals surface area contributed by atoms with Crippen molar-refractivity contribution in [2.45, 2.75) is 6.10 Å². The lowest BCUT2D eigenvalue weighted by molar-refractivity contribution is 0.181. The molecule has 2 aromatic carbocycles. The summed E-state index contributed by atoms with van der Waals surface area (Å²) in [5.41, 5.74) is 2.29. The number of hydrogen-bond acceptors (Lipinski definition) is 4. The standard InChI is InChI=1S/C19H16F2N4O/c20-13-4-1-11(2-5-13)3-6-17-15-7-12(8-16(21)18(15)25-24-17)19-22-9-14(26)10-23-19/h1-8,14,26H,9-10H2,(H,22,23)(H,24,25). The number of rotatable bonds is 3. The molecule has 0 amide bonds. The summed E-state index contributed by atoms with van der Waals surface area (Å²) in [5.74, 6) is -0.205. The van der Waals surface area contributed by atoms with Crippen LogP contribution in [0.25, 0.3) is 23.1 Å². The van der Waals surface area contributed by atoms with Gasteiger partial charge >= 0.3 is 0 Å². The maximum absolute atomic E-state index is 14.4. The summed E-state index contributed by atoms with van der Waals surface area (Å²) in [6, 6.07) is 9.24. The van der Waals surface area contributed by atoms with Gasteiger partial charge in [-0.1, -0.05) is 18.2 Å². The largest absolute Gasteiger partial charge is 0.389 e. The molecule has 132 valence electrons. The molecule has 0 bridgehead atoms. The molecule has 4 rings (SSSR count). The molecule has 3 aromatic rings. The molecule has 5 nitrogen and oxygen atoms in total. The molecule has 1 aliphatic heterocycles. The molecule has 1 unspecified atom stereocenters. The molecular weight excluding hydrogens is 338 g/mol. The van der Waals surface area contributed by atoms with Crippen LogP contribution in [-0.4, -0.2) is 40.3 Å². The lowest BCUT2D eigenvalue weighted by Crippen LogP contribution is -2.39. The molecular formula is C19H16F2N4O. The fraction of sp³-hybridized carbons (Fsp3) is 0.158. The van der Waals surface area contributed by atoms with Crippen molar-refractivity contribution in [2.24, 2.45) is 4.99 Å². The van der Waals surface area contributed by atoms with Crippen molar-refractivity contribution in [1.82, 2.24) is 15.5 Å². The van der Waals surface area contributed by atoms with E-state index in [4.69, 9.17) is 0 Å². The van der Waals surface area contributed by atoms with Crippen LogP contribution in [-0.2, 0) is 0 Å². The molecule has 0 saturated carbocycles. The van der Waals surface area contributed by atoms with Gasteiger partial charge in [0.05, 0.1) is 18.3 Å². The number of fused-ring (bicyclic) bond motifs is 1. The normalized spacial score (nSPS) is 17.5. The first kappa shape index (κ1) is 16.4. The maximum Gasteiger partial charge on any atom is 0.152 e. The van der Waals surface area contributed by atoms with E-state index in [1.807, 2.05) is 0 Å². The van der Waals surface area contributed by atoms with E-state index in [2.05, 4.69) is 20.5 Å². The Morgan fingerprint density at radius 2 is 1.92 bits per heavy atom. The zero-order chi connectivity index (χ0) is 18.1. The van der Waals surface area contributed by atoms with E-state index in [1.54, 1.807) is 30.4 Å². The Bertz CT molecular complexity index is 1010. The number of aliphatic hydroxyl groups is 1. The SMILES string of the molecule is OC1CN=C(c2cc(F)c3n[nH]c(C=Cc4ccc(F)cc4)c3c2)NC1. The van der Waals surface area contributed by atoms with Gasteiger partial charge < -0.3 is 10.4 Å². The molecule has 0 radical (unpaired) electrons. The highest BCUT2D eigenvalue weighted by Gasteiger charge is 2.17. The lowest BCUT2D eigenvalue weighted by Gasteiger charge is -2.19. The van der Waals surface area contributed by atoms with E-state index in [9.17, 15) is 13.9 Å². The zero-order valence-electron chi connectivity index (χ0n) is 13.7. The monoisotopic (exact) mass is 354 g/mol. The minimum atomic E-state index is -0.532. The average molecular weight is 354 g/mol. The Morgan fingerprint density at radius 3 is 2.65 bits per heavy atom. The topological polar surface area (TPSA) is 73.3 Å². The number of β-amino-alcohol motifs (C(OH)–C–C–N with tert-alkyl or cyclic N) is 1. The van der Waals surface area contributed by atoms with Crippen LogP contribution < -0.4 is 5.32 Å². The lowest BCUT2D eigenvalue weighted by atomic mass is 10.1. The van der Waals surface area contributed by atoms with Crippen LogP contribution in [0.5, 0.6) is 0 Å². The summed E-state index contributed by atoms with van der Waals surface area (Å²) in [7, 11) is 0. The second-order valence-corrected chi connectivity index (χ2v) is 6.10. The van der Waals surface area contributed by atoms with Crippen molar-refractivity contribution in [2.75, 3.05) is 13.1 Å². The van der Waals surface area contributed by atoms with Crippen LogP contribution in [0.3, 0.4) is 0 Å². The van der Waals surface area contributed by atoms with Gasteiger partial charge in [-0.2, -0.15) is 5.10 Å². The van der Waals surface area contributed by atoms with Gasteiger partial charge in [-0.05, 0) is 35.9 Å². The quantitative estimate of drug-likeness (QED) is 0.677. The van der Waals surface area contributed by atoms with E-state index < -0.39 is 11.9 Å². The number of aliphatic hydroxyl groups excluding tert-OH is 1. The molecule has 3 N–H and O–H groups in total. The van der Waals surface area contributed by atoms with Gasteiger partial charge in [-0.3, -0.25) is 10.1 Å². The van der Waals surface area contributed by atoms with Crippen LogP contribution in [0.4, 0.5) is 8.78 Å². The second-order valence-electron chi connectivity index (χ2n) is 6.10. The number of H-pyrrole nitrogens is 1. The van der Waals surface area contributed by atoms with Gasteiger partial charge in [0, 0.05) is 17.5 Å². The molecule has 26 heavy (non-hydrogen) atoms. The predicted octanol–water partition coefficient (Wildman–Crippen LogP) is 2.72. The number of nitrogens with zero attached hydrogens (tertiary/aromatic N) is 2. The number of aliphatic imine (C=N–C) groups is 1. The summed E-state index contributed by atoms with van der Waals surface area (Å²) >= 11 is 0. The summed E-state index contributed by atoms with van der Waals surface area (Å²) in [6.45, 7) is 0.659. The van der Waals surface area contributed by atoms with Crippen LogP contribution in [0.2, 0.25) is 0 Å². The molecule has 7 heteroatoms. The number of hydrogen-bond donors (Lipinski definition) is 3. The summed E-state index contributed by atoms with van der Waals surface area (Å²) in [4.78, 5) is 4.25. The van der Waals surface area contributed by atoms with E-state index in [0.717, 1.165) is 5.56 Å². The fourth-order valence-electron chi connectivity index (χ4n) is 2.84. The average Bonchev–Trinajstić information content (AvgIpc) is 3.05. The van der Waals surface area contributed by atoms with Crippen LogP contribution in [0, 0.1) is 11.6 Å². The summed E-state index contributed by atoms with van der Waals surface area (Å²) in [6.07, 6.45) is 3.03. The molecule has 1 atom stereocenters. The highest BCUT2D eigenvalue weighted by atomic mass is 19.1. The van der Waals surface area contributed by atoms with Gasteiger partial charge in [-0.25, -0.2) is 8.78 Å². The third kappa shape index (κ3) is 3.21. The number of halogens is 2. The van der Waals surface area contributed by atoms with Crippen molar-refractivity contribution in [1.29, 1.82) is 0 Å². The smallest absolute Gasteiger partial charge is 0.152 e. The van der Waals surface area contributed by atoms with E-state index in [1.165, 1.54) is 18.2 Å². The number of nitrogens with one attached hydrogen (secondary N) is 2. The summed E-state index contributed by atoms with van der Waals surface area (Å²) in [5, 5.41) is 20.0. The van der Waals surface area contributed by atoms with Crippen LogP contribution in [0.15, 0.2) is 41.4 Å². The number of aromatic amines is 1. The predicted molar refractivity (Wildman–Crippen MR) is 96.8 cm³/mol. The first-order valence-corrected chi connectivity index (χ1v) is 8.18. The summed E-state index contributed by atoms with van der Waals surface area (Å²) < 4.78 is 27.4. The van der Waals surface area contributed by atoms with Gasteiger partial charge in [0.2, 0.25) is 0 Å². The number of amidine groups is 1. The highest BCUT2D eigenvalue weighted by molar-refractivity contribution is 6.03. The second kappa shape index (κ2) is 6.68. The van der Waals surface area contributed by atoms with E-state index in [-0.39, 0.29) is 17.9 Å². The minimum absolute atomic E-state index is 0.240. The molecule has 0 spiro atoms. The van der Waals surface area contributed by atoms with Crippen molar-refractivity contribution in [3.05, 3.63) is 64.9 Å². The van der Waals surface area contributed by atoms with Gasteiger partial charge in [-0.15, -0.1) is 0 Å². The van der Waals surface area contributed by atoms with E-state index >= 15 is 0 Å². The fourth-order valence-corrected chi connectivity index (χ4v) is 2.84. The van der Waals surface area contributed by atoms with E-state index in [0.29, 0.717) is 29.0 Å². The van der Waals surface area contributed by atoms with Crippen molar-refractivity contribution in [3.63, 3.8) is 0 Å². The highest BCUT2D eigenvalue weighted by Crippen LogP contribution is 2.23. The molecule has 0 fully saturated rings. The van der Waals surface area contributed by atoms with Crippen molar-refractivity contribution < 1.29 is 13.9 Å². The first-order chi connectivity index (χ1) is 12.6. The van der Waals surface area contributed by atoms with Gasteiger partial charge in [0.1, 0.15) is 17.2 Å². The first-order valence-electron chi connectivity index (χ1n) is 8.18. The Labute approximate surface area is 148 Å². The zero-order valence-corrected chi connectivity index (χ0v) is 13.7. The molecule has 1 aromatic heterocycles. The minimum Gasteiger partial charge on any atom is -0.389 e. The Balaban J connectivity index is 1.71. The van der Waals surface area contributed by atoms with Crippen LogP contribution >= 0.6 is 0 Å². The van der Waals surface area contributed by atoms with Gasteiger partial charge in [0.25, 0.3) is 0 Å². The van der Waals surface area contributed by atoms with Crippen molar-refractivity contribution in [3.8, 4) is 0 Å². The number of aromatic nitrogens is 2. The third-order valence-corrected chi connectivity index (χ3v) is 4.19. The molecule has 1 aliphatic rings. The van der Waals surface area contributed by atoms with Crippen molar-refractivity contribution >= 4 is 28.9 Å². The maximum atomic E-state index is 14.4. The van der Waals surface area contributed by atoms with Gasteiger partial charge in [0.15, 0.2) is 5.82 Å². The molecule has 2 heterocycles. The molecule has 0 aliphatic carbocycles. The molecule has 0 saturated heterocycles.